The van der Waals surface area contributed by atoms with Crippen molar-refractivity contribution in [2.75, 3.05) is 18.9 Å². The number of alkyl halides is 3. The Hall–Kier alpha value is -0.340. The molecule has 0 saturated heterocycles. The minimum absolute atomic E-state index is 0.0288. The normalized spacial score (nSPS) is 18.4. The van der Waals surface area contributed by atoms with Crippen molar-refractivity contribution in [1.29, 1.82) is 0 Å². The molecule has 0 spiro atoms. The minimum atomic E-state index is -4.33. The lowest BCUT2D eigenvalue weighted by molar-refractivity contribution is -0.134. The first-order valence-electron chi connectivity index (χ1n) is 6.43. The monoisotopic (exact) mass is 303 g/mol. The van der Waals surface area contributed by atoms with Crippen LogP contribution >= 0.6 is 0 Å². The second-order valence-electron chi connectivity index (χ2n) is 4.81. The van der Waals surface area contributed by atoms with E-state index in [1.807, 2.05) is 0 Å². The Morgan fingerprint density at radius 2 is 1.79 bits per heavy atom. The van der Waals surface area contributed by atoms with Crippen LogP contribution in [0.1, 0.15) is 38.5 Å². The fraction of sp³-hybridized carbons (Fsp3) is 1.00. The van der Waals surface area contributed by atoms with Crippen LogP contribution in [0.4, 0.5) is 13.2 Å². The van der Waals surface area contributed by atoms with Crippen LogP contribution in [-0.2, 0) is 10.0 Å². The SMILES string of the molecule is O=S(=O)(CCCC(F)(F)F)N(CCO)C1CCCC1. The highest BCUT2D eigenvalue weighted by Crippen LogP contribution is 2.27. The van der Waals surface area contributed by atoms with Crippen LogP contribution in [0.2, 0.25) is 0 Å². The number of nitrogens with zero attached hydrogens (tertiary/aromatic N) is 1. The Bertz CT molecular complexity index is 364. The van der Waals surface area contributed by atoms with Crippen molar-refractivity contribution in [2.24, 2.45) is 0 Å². The van der Waals surface area contributed by atoms with Gasteiger partial charge in [0.15, 0.2) is 0 Å². The lowest BCUT2D eigenvalue weighted by Crippen LogP contribution is -2.42. The van der Waals surface area contributed by atoms with Crippen LogP contribution in [0.5, 0.6) is 0 Å². The van der Waals surface area contributed by atoms with Gasteiger partial charge in [0.1, 0.15) is 0 Å². The van der Waals surface area contributed by atoms with E-state index in [0.29, 0.717) is 0 Å². The molecule has 0 radical (unpaired) electrons. The Balaban J connectivity index is 2.60. The van der Waals surface area contributed by atoms with Gasteiger partial charge < -0.3 is 5.11 Å². The molecule has 114 valence electrons. The molecule has 0 aliphatic heterocycles. The third-order valence-corrected chi connectivity index (χ3v) is 5.27. The average molecular weight is 303 g/mol. The fourth-order valence-corrected chi connectivity index (χ4v) is 4.18. The summed E-state index contributed by atoms with van der Waals surface area (Å²) >= 11 is 0. The average Bonchev–Trinajstić information content (AvgIpc) is 2.76. The third-order valence-electron chi connectivity index (χ3n) is 3.27. The molecule has 1 saturated carbocycles. The molecular weight excluding hydrogens is 283 g/mol. The number of aliphatic hydroxyl groups excluding tert-OH is 1. The maximum absolute atomic E-state index is 12.0. The predicted octanol–water partition coefficient (Wildman–Crippen LogP) is 1.90. The van der Waals surface area contributed by atoms with Crippen LogP contribution in [0.15, 0.2) is 0 Å². The maximum atomic E-state index is 12.0. The zero-order chi connectivity index (χ0) is 14.5. The molecule has 0 aromatic rings. The summed E-state index contributed by atoms with van der Waals surface area (Å²) in [5.74, 6) is -0.511. The molecule has 0 aromatic heterocycles. The van der Waals surface area contributed by atoms with Crippen LogP contribution < -0.4 is 0 Å². The zero-order valence-corrected chi connectivity index (χ0v) is 11.5. The maximum Gasteiger partial charge on any atom is 0.389 e. The van der Waals surface area contributed by atoms with Crippen LogP contribution in [0.25, 0.3) is 0 Å². The standard InChI is InChI=1S/C11H20F3NO3S/c12-11(13,14)6-3-9-19(17,18)15(7-8-16)10-4-1-2-5-10/h10,16H,1-9H2. The summed E-state index contributed by atoms with van der Waals surface area (Å²) in [7, 11) is -3.72. The van der Waals surface area contributed by atoms with Gasteiger partial charge in [-0.15, -0.1) is 0 Å². The van der Waals surface area contributed by atoms with E-state index in [1.165, 1.54) is 4.31 Å². The van der Waals surface area contributed by atoms with Crippen molar-refractivity contribution >= 4 is 10.0 Å². The summed E-state index contributed by atoms with van der Waals surface area (Å²) < 4.78 is 61.4. The third kappa shape index (κ3) is 5.66. The van der Waals surface area contributed by atoms with Crippen molar-refractivity contribution in [1.82, 2.24) is 4.31 Å². The van der Waals surface area contributed by atoms with E-state index in [-0.39, 0.29) is 19.2 Å². The van der Waals surface area contributed by atoms with Crippen LogP contribution in [-0.4, -0.2) is 49.0 Å². The lowest BCUT2D eigenvalue weighted by Gasteiger charge is -2.27. The molecule has 0 atom stereocenters. The van der Waals surface area contributed by atoms with Gasteiger partial charge in [0.2, 0.25) is 10.0 Å². The Morgan fingerprint density at radius 3 is 2.26 bits per heavy atom. The molecule has 4 nitrogen and oxygen atoms in total. The molecule has 1 aliphatic carbocycles. The van der Waals surface area contributed by atoms with Crippen molar-refractivity contribution in [3.63, 3.8) is 0 Å². The number of halogens is 3. The van der Waals surface area contributed by atoms with Gasteiger partial charge in [-0.25, -0.2) is 8.42 Å². The van der Waals surface area contributed by atoms with Crippen molar-refractivity contribution in [3.8, 4) is 0 Å². The van der Waals surface area contributed by atoms with Gasteiger partial charge in [-0.1, -0.05) is 12.8 Å². The molecule has 0 amide bonds. The largest absolute Gasteiger partial charge is 0.395 e. The first kappa shape index (κ1) is 16.7. The molecule has 1 N–H and O–H groups in total. The minimum Gasteiger partial charge on any atom is -0.395 e. The van der Waals surface area contributed by atoms with Crippen molar-refractivity contribution in [3.05, 3.63) is 0 Å². The second kappa shape index (κ2) is 6.90. The summed E-state index contributed by atoms with van der Waals surface area (Å²) in [6, 6.07) is -0.164. The first-order chi connectivity index (χ1) is 8.76. The lowest BCUT2D eigenvalue weighted by atomic mass is 10.2. The number of hydrogen-bond donors (Lipinski definition) is 1. The van der Waals surface area contributed by atoms with E-state index < -0.39 is 34.8 Å². The van der Waals surface area contributed by atoms with Gasteiger partial charge in [-0.2, -0.15) is 17.5 Å². The second-order valence-corrected chi connectivity index (χ2v) is 6.85. The van der Waals surface area contributed by atoms with Gasteiger partial charge in [-0.3, -0.25) is 0 Å². The van der Waals surface area contributed by atoms with E-state index in [9.17, 15) is 21.6 Å². The first-order valence-corrected chi connectivity index (χ1v) is 8.04. The van der Waals surface area contributed by atoms with E-state index in [2.05, 4.69) is 0 Å². The number of aliphatic hydroxyl groups is 1. The number of rotatable bonds is 7. The summed E-state index contributed by atoms with van der Waals surface area (Å²) in [6.45, 7) is -0.339. The Labute approximate surface area is 111 Å². The predicted molar refractivity (Wildman–Crippen MR) is 65.1 cm³/mol. The van der Waals surface area contributed by atoms with Gasteiger partial charge in [0.25, 0.3) is 0 Å². The Kier molecular flexibility index (Phi) is 6.07. The van der Waals surface area contributed by atoms with Crippen molar-refractivity contribution < 1.29 is 26.7 Å². The highest BCUT2D eigenvalue weighted by molar-refractivity contribution is 7.89. The zero-order valence-electron chi connectivity index (χ0n) is 10.7. The molecule has 0 bridgehead atoms. The van der Waals surface area contributed by atoms with Crippen LogP contribution in [0, 0.1) is 0 Å². The van der Waals surface area contributed by atoms with E-state index in [0.717, 1.165) is 25.7 Å². The molecule has 1 rings (SSSR count). The summed E-state index contributed by atoms with van der Waals surface area (Å²) in [4.78, 5) is 0. The quantitative estimate of drug-likeness (QED) is 0.781. The topological polar surface area (TPSA) is 57.6 Å². The molecule has 0 heterocycles. The highest BCUT2D eigenvalue weighted by atomic mass is 32.2. The molecule has 19 heavy (non-hydrogen) atoms. The van der Waals surface area contributed by atoms with Gasteiger partial charge in [0.05, 0.1) is 12.4 Å². The molecule has 1 aliphatic rings. The fourth-order valence-electron chi connectivity index (χ4n) is 2.41. The van der Waals surface area contributed by atoms with Gasteiger partial charge in [0, 0.05) is 19.0 Å². The number of hydrogen-bond acceptors (Lipinski definition) is 3. The molecule has 0 aromatic carbocycles. The summed E-state index contributed by atoms with van der Waals surface area (Å²) in [5.41, 5.74) is 0. The summed E-state index contributed by atoms with van der Waals surface area (Å²) in [6.07, 6.45) is -2.57. The number of sulfonamides is 1. The smallest absolute Gasteiger partial charge is 0.389 e. The molecule has 8 heteroatoms. The van der Waals surface area contributed by atoms with Crippen molar-refractivity contribution in [2.45, 2.75) is 50.7 Å². The Morgan fingerprint density at radius 1 is 1.21 bits per heavy atom. The molecular formula is C11H20F3NO3S. The highest BCUT2D eigenvalue weighted by Gasteiger charge is 2.33. The van der Waals surface area contributed by atoms with E-state index in [1.54, 1.807) is 0 Å². The van der Waals surface area contributed by atoms with Gasteiger partial charge in [-0.05, 0) is 19.3 Å². The van der Waals surface area contributed by atoms with Gasteiger partial charge >= 0.3 is 6.18 Å². The molecule has 1 fully saturated rings. The van der Waals surface area contributed by atoms with E-state index >= 15 is 0 Å². The van der Waals surface area contributed by atoms with E-state index in [4.69, 9.17) is 5.11 Å². The summed E-state index contributed by atoms with van der Waals surface area (Å²) in [5, 5.41) is 8.93. The van der Waals surface area contributed by atoms with Crippen LogP contribution in [0.3, 0.4) is 0 Å². The molecule has 0 unspecified atom stereocenters.